The molecular formula is C12H21N3O. The van der Waals surface area contributed by atoms with Crippen LogP contribution < -0.4 is 10.9 Å². The highest BCUT2D eigenvalue weighted by Gasteiger charge is 2.07. The zero-order valence-corrected chi connectivity index (χ0v) is 10.5. The molecule has 1 heterocycles. The minimum Gasteiger partial charge on any atom is -0.365 e. The molecule has 4 heteroatoms. The molecule has 1 aromatic rings. The molecule has 0 aromatic carbocycles. The summed E-state index contributed by atoms with van der Waals surface area (Å²) in [7, 11) is 0. The van der Waals surface area contributed by atoms with Crippen molar-refractivity contribution in [2.24, 2.45) is 5.92 Å². The van der Waals surface area contributed by atoms with Gasteiger partial charge in [-0.2, -0.15) is 0 Å². The third-order valence-corrected chi connectivity index (χ3v) is 2.74. The summed E-state index contributed by atoms with van der Waals surface area (Å²) in [6.45, 7) is 9.05. The van der Waals surface area contributed by atoms with Gasteiger partial charge in [-0.25, -0.2) is 4.98 Å². The second-order valence-corrected chi connectivity index (χ2v) is 4.48. The lowest BCUT2D eigenvalue weighted by Crippen LogP contribution is -2.27. The minimum atomic E-state index is -0.0409. The Balaban J connectivity index is 2.82. The summed E-state index contributed by atoms with van der Waals surface area (Å²) in [6, 6.07) is 0.166. The molecular weight excluding hydrogens is 202 g/mol. The summed E-state index contributed by atoms with van der Waals surface area (Å²) in [4.78, 5) is 16.0. The fourth-order valence-electron chi connectivity index (χ4n) is 1.37. The van der Waals surface area contributed by atoms with Gasteiger partial charge < -0.3 is 9.88 Å². The van der Waals surface area contributed by atoms with Crippen LogP contribution in [-0.4, -0.2) is 16.1 Å². The molecule has 1 unspecified atom stereocenters. The summed E-state index contributed by atoms with van der Waals surface area (Å²) >= 11 is 0. The maximum Gasteiger partial charge on any atom is 0.293 e. The quantitative estimate of drug-likeness (QED) is 0.833. The van der Waals surface area contributed by atoms with E-state index in [9.17, 15) is 4.79 Å². The average Bonchev–Trinajstić information content (AvgIpc) is 2.26. The van der Waals surface area contributed by atoms with Crippen LogP contribution in [0.15, 0.2) is 17.2 Å². The summed E-state index contributed by atoms with van der Waals surface area (Å²) in [5, 5.41) is 3.11. The molecule has 0 saturated heterocycles. The Kier molecular flexibility index (Phi) is 4.52. The van der Waals surface area contributed by atoms with Crippen molar-refractivity contribution in [3.63, 3.8) is 0 Å². The smallest absolute Gasteiger partial charge is 0.293 e. The lowest BCUT2D eigenvalue weighted by Gasteiger charge is -2.13. The number of hydrogen-bond donors (Lipinski definition) is 1. The molecule has 0 aliphatic heterocycles. The van der Waals surface area contributed by atoms with Crippen LogP contribution in [0.4, 0.5) is 5.82 Å². The lowest BCUT2D eigenvalue weighted by atomic mass is 10.1. The molecule has 0 bridgehead atoms. The van der Waals surface area contributed by atoms with Gasteiger partial charge in [-0.15, -0.1) is 0 Å². The molecule has 1 N–H and O–H groups in total. The van der Waals surface area contributed by atoms with Crippen LogP contribution in [0.5, 0.6) is 0 Å². The van der Waals surface area contributed by atoms with E-state index in [-0.39, 0.29) is 11.6 Å². The van der Waals surface area contributed by atoms with Gasteiger partial charge in [0.05, 0.1) is 0 Å². The van der Waals surface area contributed by atoms with Gasteiger partial charge in [-0.05, 0) is 19.8 Å². The summed E-state index contributed by atoms with van der Waals surface area (Å²) in [5.74, 6) is 1.01. The van der Waals surface area contributed by atoms with E-state index >= 15 is 0 Å². The van der Waals surface area contributed by atoms with Gasteiger partial charge in [-0.1, -0.05) is 20.3 Å². The lowest BCUT2D eigenvalue weighted by molar-refractivity contribution is 0.569. The zero-order chi connectivity index (χ0) is 12.1. The number of rotatable bonds is 5. The predicted molar refractivity (Wildman–Crippen MR) is 66.8 cm³/mol. The zero-order valence-electron chi connectivity index (χ0n) is 10.5. The van der Waals surface area contributed by atoms with Gasteiger partial charge in [0.25, 0.3) is 5.56 Å². The average molecular weight is 223 g/mol. The number of nitrogens with zero attached hydrogens (tertiary/aromatic N) is 2. The maximum atomic E-state index is 11.9. The molecule has 1 rings (SSSR count). The first-order chi connectivity index (χ1) is 7.56. The Bertz CT molecular complexity index is 384. The summed E-state index contributed by atoms with van der Waals surface area (Å²) < 4.78 is 1.69. The van der Waals surface area contributed by atoms with Crippen molar-refractivity contribution in [3.05, 3.63) is 22.7 Å². The molecule has 0 amide bonds. The minimum absolute atomic E-state index is 0.0409. The summed E-state index contributed by atoms with van der Waals surface area (Å²) in [5.41, 5.74) is -0.0409. The van der Waals surface area contributed by atoms with Gasteiger partial charge >= 0.3 is 0 Å². The SMILES string of the molecule is CCC(C)CNc1nccn(C(C)C)c1=O. The Morgan fingerprint density at radius 2 is 2.12 bits per heavy atom. The number of hydrogen-bond acceptors (Lipinski definition) is 3. The fourth-order valence-corrected chi connectivity index (χ4v) is 1.37. The van der Waals surface area contributed by atoms with Crippen molar-refractivity contribution in [1.29, 1.82) is 0 Å². The van der Waals surface area contributed by atoms with E-state index in [4.69, 9.17) is 0 Å². The van der Waals surface area contributed by atoms with Gasteiger partial charge in [0.15, 0.2) is 5.82 Å². The van der Waals surface area contributed by atoms with E-state index in [2.05, 4.69) is 24.1 Å². The largest absolute Gasteiger partial charge is 0.365 e. The predicted octanol–water partition coefficient (Wildman–Crippen LogP) is 2.28. The molecule has 16 heavy (non-hydrogen) atoms. The van der Waals surface area contributed by atoms with Crippen LogP contribution >= 0.6 is 0 Å². The van der Waals surface area contributed by atoms with Gasteiger partial charge in [0.1, 0.15) is 0 Å². The van der Waals surface area contributed by atoms with E-state index in [1.165, 1.54) is 0 Å². The third kappa shape index (κ3) is 3.08. The standard InChI is InChI=1S/C12H21N3O/c1-5-10(4)8-14-11-12(16)15(9(2)3)7-6-13-11/h6-7,9-10H,5,8H2,1-4H3,(H,13,14). The Hall–Kier alpha value is -1.32. The normalized spacial score (nSPS) is 12.8. The maximum absolute atomic E-state index is 11.9. The van der Waals surface area contributed by atoms with Gasteiger partial charge in [-0.3, -0.25) is 4.79 Å². The van der Waals surface area contributed by atoms with E-state index < -0.39 is 0 Å². The highest BCUT2D eigenvalue weighted by atomic mass is 16.1. The van der Waals surface area contributed by atoms with E-state index in [0.717, 1.165) is 13.0 Å². The second kappa shape index (κ2) is 5.68. The molecule has 0 aliphatic carbocycles. The van der Waals surface area contributed by atoms with E-state index in [0.29, 0.717) is 11.7 Å². The first-order valence-corrected chi connectivity index (χ1v) is 5.87. The first kappa shape index (κ1) is 12.7. The van der Waals surface area contributed by atoms with Crippen molar-refractivity contribution in [3.8, 4) is 0 Å². The first-order valence-electron chi connectivity index (χ1n) is 5.87. The van der Waals surface area contributed by atoms with Gasteiger partial charge in [0, 0.05) is 25.0 Å². The van der Waals surface area contributed by atoms with Crippen LogP contribution in [0.2, 0.25) is 0 Å². The molecule has 4 nitrogen and oxygen atoms in total. The Labute approximate surface area is 96.7 Å². The third-order valence-electron chi connectivity index (χ3n) is 2.74. The molecule has 0 saturated carbocycles. The molecule has 1 atom stereocenters. The molecule has 0 fully saturated rings. The fraction of sp³-hybridized carbons (Fsp3) is 0.667. The molecule has 0 spiro atoms. The van der Waals surface area contributed by atoms with Crippen molar-refractivity contribution >= 4 is 5.82 Å². The molecule has 1 aromatic heterocycles. The Morgan fingerprint density at radius 1 is 1.44 bits per heavy atom. The van der Waals surface area contributed by atoms with E-state index in [1.807, 2.05) is 13.8 Å². The van der Waals surface area contributed by atoms with Crippen LogP contribution in [0.25, 0.3) is 0 Å². The number of aromatic nitrogens is 2. The van der Waals surface area contributed by atoms with Crippen LogP contribution in [0.1, 0.15) is 40.2 Å². The van der Waals surface area contributed by atoms with Crippen molar-refractivity contribution in [2.45, 2.75) is 40.2 Å². The van der Waals surface area contributed by atoms with Crippen molar-refractivity contribution in [2.75, 3.05) is 11.9 Å². The molecule has 90 valence electrons. The molecule has 0 radical (unpaired) electrons. The van der Waals surface area contributed by atoms with Crippen LogP contribution in [-0.2, 0) is 0 Å². The van der Waals surface area contributed by atoms with Crippen LogP contribution in [0.3, 0.4) is 0 Å². The van der Waals surface area contributed by atoms with E-state index in [1.54, 1.807) is 17.0 Å². The van der Waals surface area contributed by atoms with Crippen LogP contribution in [0, 0.1) is 5.92 Å². The van der Waals surface area contributed by atoms with Crippen molar-refractivity contribution in [1.82, 2.24) is 9.55 Å². The molecule has 0 aliphatic rings. The van der Waals surface area contributed by atoms with Crippen molar-refractivity contribution < 1.29 is 0 Å². The topological polar surface area (TPSA) is 46.9 Å². The Morgan fingerprint density at radius 3 is 2.69 bits per heavy atom. The monoisotopic (exact) mass is 223 g/mol. The van der Waals surface area contributed by atoms with Gasteiger partial charge in [0.2, 0.25) is 0 Å². The highest BCUT2D eigenvalue weighted by Crippen LogP contribution is 2.04. The number of anilines is 1. The number of nitrogens with one attached hydrogen (secondary N) is 1. The second-order valence-electron chi connectivity index (χ2n) is 4.48. The summed E-state index contributed by atoms with van der Waals surface area (Å²) in [6.07, 6.45) is 4.49. The highest BCUT2D eigenvalue weighted by molar-refractivity contribution is 5.30.